The second-order valence-corrected chi connectivity index (χ2v) is 7.88. The number of carbonyl (C=O) groups excluding carboxylic acids is 1. The summed E-state index contributed by atoms with van der Waals surface area (Å²) in [5, 5.41) is 2.83. The Labute approximate surface area is 166 Å². The van der Waals surface area contributed by atoms with Gasteiger partial charge in [0.1, 0.15) is 5.82 Å². The number of benzene rings is 2. The molecule has 2 unspecified atom stereocenters. The molecular formula is C20H22FIN2O2. The maximum atomic E-state index is 14.6. The first-order chi connectivity index (χ1) is 12.4. The lowest BCUT2D eigenvalue weighted by molar-refractivity contribution is -0.00539. The van der Waals surface area contributed by atoms with E-state index in [1.54, 1.807) is 18.2 Å². The number of carbonyl (C=O) groups is 1. The van der Waals surface area contributed by atoms with Gasteiger partial charge in [0.15, 0.2) is 0 Å². The van der Waals surface area contributed by atoms with Gasteiger partial charge in [-0.2, -0.15) is 0 Å². The van der Waals surface area contributed by atoms with Crippen molar-refractivity contribution in [3.8, 4) is 0 Å². The molecule has 6 heteroatoms. The van der Waals surface area contributed by atoms with Gasteiger partial charge in [-0.25, -0.2) is 4.39 Å². The van der Waals surface area contributed by atoms with Crippen LogP contribution in [0.1, 0.15) is 29.8 Å². The van der Waals surface area contributed by atoms with Crippen molar-refractivity contribution in [1.29, 1.82) is 0 Å². The molecule has 1 fully saturated rings. The van der Waals surface area contributed by atoms with Crippen molar-refractivity contribution in [3.63, 3.8) is 0 Å². The number of morpholine rings is 1. The molecule has 1 aliphatic rings. The first-order valence-corrected chi connectivity index (χ1v) is 9.73. The second-order valence-electron chi connectivity index (χ2n) is 6.64. The summed E-state index contributed by atoms with van der Waals surface area (Å²) in [4.78, 5) is 14.2. The van der Waals surface area contributed by atoms with Crippen LogP contribution in [0.4, 0.5) is 10.1 Å². The normalized spacial score (nSPS) is 20.1. The topological polar surface area (TPSA) is 41.6 Å². The molecule has 0 saturated carbocycles. The highest BCUT2D eigenvalue weighted by Gasteiger charge is 2.24. The van der Waals surface area contributed by atoms with E-state index in [2.05, 4.69) is 27.9 Å². The molecular weight excluding hydrogens is 446 g/mol. The second kappa shape index (κ2) is 8.35. The van der Waals surface area contributed by atoms with Gasteiger partial charge in [0.05, 0.1) is 17.9 Å². The van der Waals surface area contributed by atoms with Crippen molar-refractivity contribution in [2.45, 2.75) is 32.6 Å². The lowest BCUT2D eigenvalue weighted by atomic mass is 10.1. The molecule has 0 spiro atoms. The Morgan fingerprint density at radius 1 is 1.19 bits per heavy atom. The number of anilines is 1. The van der Waals surface area contributed by atoms with Crippen molar-refractivity contribution in [2.24, 2.45) is 0 Å². The zero-order valence-corrected chi connectivity index (χ0v) is 17.0. The van der Waals surface area contributed by atoms with Crippen molar-refractivity contribution in [3.05, 3.63) is 63.0 Å². The van der Waals surface area contributed by atoms with Crippen LogP contribution >= 0.6 is 22.6 Å². The highest BCUT2D eigenvalue weighted by molar-refractivity contribution is 14.1. The zero-order valence-electron chi connectivity index (χ0n) is 14.8. The number of hydrogen-bond acceptors (Lipinski definition) is 3. The van der Waals surface area contributed by atoms with E-state index >= 15 is 0 Å². The van der Waals surface area contributed by atoms with E-state index in [1.807, 2.05) is 36.9 Å². The minimum Gasteiger partial charge on any atom is -0.372 e. The summed E-state index contributed by atoms with van der Waals surface area (Å²) in [6.45, 7) is 5.62. The molecule has 2 aromatic rings. The van der Waals surface area contributed by atoms with Crippen molar-refractivity contribution in [1.82, 2.24) is 5.32 Å². The Balaban J connectivity index is 1.64. The largest absolute Gasteiger partial charge is 0.372 e. The standard InChI is InChI=1S/C20H22FIN2O2/c1-13-11-24(12-14(2)26-13)19-8-3-15(9-18(19)21)10-23-20(25)16-4-6-17(22)7-5-16/h3-9,13-14H,10-12H2,1-2H3,(H,23,25). The predicted molar refractivity (Wildman–Crippen MR) is 109 cm³/mol. The first-order valence-electron chi connectivity index (χ1n) is 8.65. The van der Waals surface area contributed by atoms with Gasteiger partial charge in [-0.3, -0.25) is 4.79 Å². The Kier molecular flexibility index (Phi) is 6.13. The smallest absolute Gasteiger partial charge is 0.251 e. The van der Waals surface area contributed by atoms with Gasteiger partial charge in [0.2, 0.25) is 0 Å². The molecule has 2 atom stereocenters. The Morgan fingerprint density at radius 2 is 1.85 bits per heavy atom. The summed E-state index contributed by atoms with van der Waals surface area (Å²) < 4.78 is 21.4. The van der Waals surface area contributed by atoms with Gasteiger partial charge in [0, 0.05) is 28.8 Å². The Morgan fingerprint density at radius 3 is 2.46 bits per heavy atom. The molecule has 1 amide bonds. The van der Waals surface area contributed by atoms with Gasteiger partial charge in [-0.1, -0.05) is 6.07 Å². The first kappa shape index (κ1) is 19.1. The molecule has 0 bridgehead atoms. The molecule has 4 nitrogen and oxygen atoms in total. The highest BCUT2D eigenvalue weighted by atomic mass is 127. The summed E-state index contributed by atoms with van der Waals surface area (Å²) in [5.41, 5.74) is 1.91. The molecule has 1 heterocycles. The number of amides is 1. The molecule has 2 aromatic carbocycles. The van der Waals surface area contributed by atoms with Crippen LogP contribution in [0.3, 0.4) is 0 Å². The minimum atomic E-state index is -0.271. The average molecular weight is 468 g/mol. The van der Waals surface area contributed by atoms with E-state index in [4.69, 9.17) is 4.74 Å². The number of nitrogens with zero attached hydrogens (tertiary/aromatic N) is 1. The van der Waals surface area contributed by atoms with E-state index in [1.165, 1.54) is 6.07 Å². The van der Waals surface area contributed by atoms with Crippen LogP contribution in [0.15, 0.2) is 42.5 Å². The van der Waals surface area contributed by atoms with E-state index in [-0.39, 0.29) is 30.5 Å². The van der Waals surface area contributed by atoms with Crippen molar-refractivity contribution in [2.75, 3.05) is 18.0 Å². The number of ether oxygens (including phenoxy) is 1. The van der Waals surface area contributed by atoms with Crippen molar-refractivity contribution < 1.29 is 13.9 Å². The third-order valence-electron chi connectivity index (χ3n) is 4.33. The third-order valence-corrected chi connectivity index (χ3v) is 5.05. The van der Waals surface area contributed by atoms with Crippen LogP contribution in [-0.2, 0) is 11.3 Å². The summed E-state index contributed by atoms with van der Waals surface area (Å²) in [6, 6.07) is 12.5. The van der Waals surface area contributed by atoms with E-state index in [0.717, 1.165) is 9.13 Å². The maximum Gasteiger partial charge on any atom is 0.251 e. The van der Waals surface area contributed by atoms with Crippen LogP contribution < -0.4 is 10.2 Å². The lowest BCUT2D eigenvalue weighted by Gasteiger charge is -2.37. The molecule has 1 N–H and O–H groups in total. The van der Waals surface area contributed by atoms with Gasteiger partial charge in [0.25, 0.3) is 5.91 Å². The molecule has 0 radical (unpaired) electrons. The molecule has 0 aliphatic carbocycles. The van der Waals surface area contributed by atoms with Crippen molar-refractivity contribution >= 4 is 34.2 Å². The average Bonchev–Trinajstić information content (AvgIpc) is 2.59. The summed E-state index contributed by atoms with van der Waals surface area (Å²) in [5.74, 6) is -0.436. The summed E-state index contributed by atoms with van der Waals surface area (Å²) >= 11 is 2.19. The molecule has 1 saturated heterocycles. The number of hydrogen-bond donors (Lipinski definition) is 1. The number of halogens is 2. The quantitative estimate of drug-likeness (QED) is 0.691. The minimum absolute atomic E-state index is 0.0750. The number of rotatable bonds is 4. The molecule has 0 aromatic heterocycles. The van der Waals surface area contributed by atoms with E-state index in [9.17, 15) is 9.18 Å². The molecule has 138 valence electrons. The summed E-state index contributed by atoms with van der Waals surface area (Å²) in [7, 11) is 0. The van der Waals surface area contributed by atoms with E-state index in [0.29, 0.717) is 24.3 Å². The third kappa shape index (κ3) is 4.73. The molecule has 1 aliphatic heterocycles. The van der Waals surface area contributed by atoms with Crippen LogP contribution in [-0.4, -0.2) is 31.2 Å². The summed E-state index contributed by atoms with van der Waals surface area (Å²) in [6.07, 6.45) is 0.150. The number of nitrogens with one attached hydrogen (secondary N) is 1. The van der Waals surface area contributed by atoms with Gasteiger partial charge >= 0.3 is 0 Å². The van der Waals surface area contributed by atoms with E-state index < -0.39 is 0 Å². The van der Waals surface area contributed by atoms with Gasteiger partial charge < -0.3 is 15.0 Å². The fraction of sp³-hybridized carbons (Fsp3) is 0.350. The lowest BCUT2D eigenvalue weighted by Crippen LogP contribution is -2.45. The van der Waals surface area contributed by atoms with Crippen LogP contribution in [0.5, 0.6) is 0 Å². The Hall–Kier alpha value is -1.67. The fourth-order valence-electron chi connectivity index (χ4n) is 3.18. The van der Waals surface area contributed by atoms with Crippen LogP contribution in [0, 0.1) is 9.39 Å². The molecule has 3 rings (SSSR count). The van der Waals surface area contributed by atoms with Crippen LogP contribution in [0.25, 0.3) is 0 Å². The Bertz CT molecular complexity index is 772. The maximum absolute atomic E-state index is 14.6. The van der Waals surface area contributed by atoms with Gasteiger partial charge in [-0.05, 0) is 78.4 Å². The van der Waals surface area contributed by atoms with Gasteiger partial charge in [-0.15, -0.1) is 0 Å². The SMILES string of the molecule is CC1CN(c2ccc(CNC(=O)c3ccc(I)cc3)cc2F)CC(C)O1. The van der Waals surface area contributed by atoms with Crippen LogP contribution in [0.2, 0.25) is 0 Å². The predicted octanol–water partition coefficient (Wildman–Crippen LogP) is 3.97. The molecule has 26 heavy (non-hydrogen) atoms. The fourth-order valence-corrected chi connectivity index (χ4v) is 3.54. The monoisotopic (exact) mass is 468 g/mol. The highest BCUT2D eigenvalue weighted by Crippen LogP contribution is 2.24. The zero-order chi connectivity index (χ0) is 18.7.